The smallest absolute Gasteiger partial charge is 0.253 e. The summed E-state index contributed by atoms with van der Waals surface area (Å²) in [4.78, 5) is 13.5. The highest BCUT2D eigenvalue weighted by atomic mass is 32.2. The van der Waals surface area contributed by atoms with Crippen molar-refractivity contribution >= 4 is 27.3 Å². The van der Waals surface area contributed by atoms with E-state index in [0.29, 0.717) is 30.1 Å². The molecule has 1 aromatic carbocycles. The number of amides is 1. The molecule has 0 aliphatic carbocycles. The van der Waals surface area contributed by atoms with Gasteiger partial charge in [0.05, 0.1) is 0 Å². The van der Waals surface area contributed by atoms with E-state index in [-0.39, 0.29) is 5.91 Å². The van der Waals surface area contributed by atoms with Crippen LogP contribution in [0.1, 0.15) is 23.3 Å². The van der Waals surface area contributed by atoms with Gasteiger partial charge in [0.25, 0.3) is 10.0 Å². The predicted molar refractivity (Wildman–Crippen MR) is 99.1 cm³/mol. The molecule has 1 N–H and O–H groups in total. The molecular formula is C18H22N2O3S2. The van der Waals surface area contributed by atoms with Crippen LogP contribution in [0.4, 0.5) is 0 Å². The molecule has 1 atom stereocenters. The van der Waals surface area contributed by atoms with Crippen molar-refractivity contribution in [2.75, 3.05) is 13.1 Å². The summed E-state index contributed by atoms with van der Waals surface area (Å²) in [5.41, 5.74) is 1.15. The highest BCUT2D eigenvalue weighted by Crippen LogP contribution is 2.30. The Hall–Kier alpha value is -1.70. The van der Waals surface area contributed by atoms with Gasteiger partial charge >= 0.3 is 0 Å². The average molecular weight is 379 g/mol. The number of hydrogen-bond donors (Lipinski definition) is 1. The Balaban J connectivity index is 1.63. The third-order valence-corrected chi connectivity index (χ3v) is 7.72. The predicted octanol–water partition coefficient (Wildman–Crippen LogP) is 2.57. The summed E-state index contributed by atoms with van der Waals surface area (Å²) >= 11 is 1.25. The number of nitrogens with one attached hydrogen (secondary N) is 1. The number of thiophene rings is 1. The fourth-order valence-corrected chi connectivity index (χ4v) is 6.12. The van der Waals surface area contributed by atoms with Crippen LogP contribution in [0.2, 0.25) is 0 Å². The van der Waals surface area contributed by atoms with Gasteiger partial charge in [0.2, 0.25) is 5.91 Å². The first-order chi connectivity index (χ1) is 12.0. The summed E-state index contributed by atoms with van der Waals surface area (Å²) in [6.45, 7) is 2.78. The SMILES string of the molecule is Cc1ccc(S(=O)(=O)N2CCCC2C(=O)NCCc2ccccc2)s1. The van der Waals surface area contributed by atoms with Gasteiger partial charge in [-0.1, -0.05) is 30.3 Å². The molecule has 1 saturated heterocycles. The minimum Gasteiger partial charge on any atom is -0.354 e. The van der Waals surface area contributed by atoms with Gasteiger partial charge in [-0.05, 0) is 43.9 Å². The Bertz CT molecular complexity index is 831. The van der Waals surface area contributed by atoms with Gasteiger partial charge in [-0.25, -0.2) is 8.42 Å². The molecule has 2 heterocycles. The van der Waals surface area contributed by atoms with E-state index in [1.165, 1.54) is 15.6 Å². The van der Waals surface area contributed by atoms with Gasteiger partial charge in [0.1, 0.15) is 10.3 Å². The molecule has 1 aromatic heterocycles. The first kappa shape index (κ1) is 18.1. The first-order valence-electron chi connectivity index (χ1n) is 8.38. The van der Waals surface area contributed by atoms with Gasteiger partial charge in [-0.2, -0.15) is 4.31 Å². The van der Waals surface area contributed by atoms with E-state index < -0.39 is 16.1 Å². The fraction of sp³-hybridized carbons (Fsp3) is 0.389. The summed E-state index contributed by atoms with van der Waals surface area (Å²) in [5, 5.41) is 2.89. The molecule has 3 rings (SSSR count). The van der Waals surface area contributed by atoms with Crippen molar-refractivity contribution in [1.29, 1.82) is 0 Å². The van der Waals surface area contributed by atoms with Crippen LogP contribution in [0.15, 0.2) is 46.7 Å². The van der Waals surface area contributed by atoms with Gasteiger partial charge in [0, 0.05) is 18.0 Å². The Morgan fingerprint density at radius 1 is 1.24 bits per heavy atom. The number of hydrogen-bond acceptors (Lipinski definition) is 4. The molecular weight excluding hydrogens is 356 g/mol. The Morgan fingerprint density at radius 3 is 2.68 bits per heavy atom. The number of carbonyl (C=O) groups excluding carboxylic acids is 1. The molecule has 0 radical (unpaired) electrons. The molecule has 1 aliphatic heterocycles. The van der Waals surface area contributed by atoms with Crippen LogP contribution in [0.25, 0.3) is 0 Å². The summed E-state index contributed by atoms with van der Waals surface area (Å²) in [6, 6.07) is 12.7. The van der Waals surface area contributed by atoms with Crippen molar-refractivity contribution in [3.8, 4) is 0 Å². The number of carbonyl (C=O) groups is 1. The maximum atomic E-state index is 12.8. The van der Waals surface area contributed by atoms with E-state index in [1.807, 2.05) is 37.3 Å². The molecule has 7 heteroatoms. The lowest BCUT2D eigenvalue weighted by Gasteiger charge is -2.22. The van der Waals surface area contributed by atoms with Gasteiger partial charge < -0.3 is 5.32 Å². The van der Waals surface area contributed by atoms with E-state index in [1.54, 1.807) is 12.1 Å². The van der Waals surface area contributed by atoms with Gasteiger partial charge in [-0.15, -0.1) is 11.3 Å². The lowest BCUT2D eigenvalue weighted by molar-refractivity contribution is -0.124. The van der Waals surface area contributed by atoms with Crippen molar-refractivity contribution in [2.45, 2.75) is 36.4 Å². The van der Waals surface area contributed by atoms with Crippen molar-refractivity contribution in [1.82, 2.24) is 9.62 Å². The maximum absolute atomic E-state index is 12.8. The second-order valence-corrected chi connectivity index (χ2v) is 9.57. The number of rotatable bonds is 6. The van der Waals surface area contributed by atoms with Crippen LogP contribution in [0.3, 0.4) is 0 Å². The summed E-state index contributed by atoms with van der Waals surface area (Å²) in [6.07, 6.45) is 2.01. The van der Waals surface area contributed by atoms with Crippen molar-refractivity contribution in [3.63, 3.8) is 0 Å². The third kappa shape index (κ3) is 4.11. The standard InChI is InChI=1S/C18H22N2O3S2/c1-14-9-10-17(24-14)25(22,23)20-13-5-8-16(20)18(21)19-12-11-15-6-3-2-4-7-15/h2-4,6-7,9-10,16H,5,8,11-13H2,1H3,(H,19,21). The number of nitrogens with zero attached hydrogens (tertiary/aromatic N) is 1. The van der Waals surface area contributed by atoms with Crippen LogP contribution in [-0.4, -0.2) is 37.8 Å². The minimum absolute atomic E-state index is 0.203. The Labute approximate surface area is 152 Å². The molecule has 2 aromatic rings. The van der Waals surface area contributed by atoms with Crippen LogP contribution in [0, 0.1) is 6.92 Å². The number of aryl methyl sites for hydroxylation is 1. The first-order valence-corrected chi connectivity index (χ1v) is 10.6. The van der Waals surface area contributed by atoms with E-state index in [2.05, 4.69) is 5.32 Å². The Kier molecular flexibility index (Phi) is 5.56. The molecule has 0 bridgehead atoms. The monoisotopic (exact) mass is 378 g/mol. The molecule has 1 fully saturated rings. The van der Waals surface area contributed by atoms with E-state index in [4.69, 9.17) is 0 Å². The second kappa shape index (κ2) is 7.68. The van der Waals surface area contributed by atoms with Crippen LogP contribution < -0.4 is 5.32 Å². The molecule has 1 aliphatic rings. The lowest BCUT2D eigenvalue weighted by Crippen LogP contribution is -2.46. The molecule has 1 unspecified atom stereocenters. The summed E-state index contributed by atoms with van der Waals surface area (Å²) in [5.74, 6) is -0.203. The van der Waals surface area contributed by atoms with Crippen molar-refractivity contribution < 1.29 is 13.2 Å². The highest BCUT2D eigenvalue weighted by molar-refractivity contribution is 7.91. The van der Waals surface area contributed by atoms with E-state index >= 15 is 0 Å². The summed E-state index contributed by atoms with van der Waals surface area (Å²) in [7, 11) is -3.60. The van der Waals surface area contributed by atoms with Crippen LogP contribution in [-0.2, 0) is 21.2 Å². The zero-order chi connectivity index (χ0) is 17.9. The van der Waals surface area contributed by atoms with Crippen LogP contribution >= 0.6 is 11.3 Å². The normalized spacial score (nSPS) is 18.4. The Morgan fingerprint density at radius 2 is 2.00 bits per heavy atom. The molecule has 134 valence electrons. The highest BCUT2D eigenvalue weighted by Gasteiger charge is 2.39. The molecule has 5 nitrogen and oxygen atoms in total. The molecule has 0 spiro atoms. The van der Waals surface area contributed by atoms with Gasteiger partial charge in [0.15, 0.2) is 0 Å². The number of sulfonamides is 1. The molecule has 0 saturated carbocycles. The van der Waals surface area contributed by atoms with Crippen molar-refractivity contribution in [2.24, 2.45) is 0 Å². The molecule has 1 amide bonds. The fourth-order valence-electron chi connectivity index (χ4n) is 3.05. The topological polar surface area (TPSA) is 66.5 Å². The third-order valence-electron chi connectivity index (χ3n) is 4.34. The van der Waals surface area contributed by atoms with Crippen molar-refractivity contribution in [3.05, 3.63) is 52.9 Å². The minimum atomic E-state index is -3.60. The quantitative estimate of drug-likeness (QED) is 0.840. The summed E-state index contributed by atoms with van der Waals surface area (Å²) < 4.78 is 27.3. The maximum Gasteiger partial charge on any atom is 0.253 e. The zero-order valence-corrected chi connectivity index (χ0v) is 15.8. The lowest BCUT2D eigenvalue weighted by atomic mass is 10.1. The van der Waals surface area contributed by atoms with E-state index in [0.717, 1.165) is 16.9 Å². The zero-order valence-electron chi connectivity index (χ0n) is 14.1. The van der Waals surface area contributed by atoms with Gasteiger partial charge in [-0.3, -0.25) is 4.79 Å². The van der Waals surface area contributed by atoms with E-state index in [9.17, 15) is 13.2 Å². The number of benzene rings is 1. The largest absolute Gasteiger partial charge is 0.354 e. The average Bonchev–Trinajstić information content (AvgIpc) is 3.25. The van der Waals surface area contributed by atoms with Crippen LogP contribution in [0.5, 0.6) is 0 Å². The second-order valence-electron chi connectivity index (χ2n) is 6.17. The molecule has 25 heavy (non-hydrogen) atoms.